The number of sulfonamides is 1. The molecule has 0 radical (unpaired) electrons. The zero-order chi connectivity index (χ0) is 14.8. The number of nitrogens with zero attached hydrogens (tertiary/aromatic N) is 1. The third-order valence-electron chi connectivity index (χ3n) is 2.84. The second kappa shape index (κ2) is 6.01. The summed E-state index contributed by atoms with van der Waals surface area (Å²) in [4.78, 5) is 5.71. The van der Waals surface area contributed by atoms with Crippen molar-refractivity contribution in [3.8, 4) is 0 Å². The molecule has 0 atom stereocenters. The Bertz CT molecular complexity index is 708. The highest BCUT2D eigenvalue weighted by Gasteiger charge is 2.08. The van der Waals surface area contributed by atoms with Crippen molar-refractivity contribution in [3.05, 3.63) is 45.4 Å². The molecule has 0 bridgehead atoms. The summed E-state index contributed by atoms with van der Waals surface area (Å²) in [6.45, 7) is 5.27. The zero-order valence-corrected chi connectivity index (χ0v) is 13.0. The van der Waals surface area contributed by atoms with E-state index in [1.54, 1.807) is 23.5 Å². The van der Waals surface area contributed by atoms with E-state index in [4.69, 9.17) is 5.14 Å². The molecule has 2 aromatic rings. The number of hydrogen-bond donors (Lipinski definition) is 2. The van der Waals surface area contributed by atoms with Crippen molar-refractivity contribution in [3.63, 3.8) is 0 Å². The molecule has 20 heavy (non-hydrogen) atoms. The van der Waals surface area contributed by atoms with Crippen LogP contribution in [0.15, 0.2) is 29.2 Å². The van der Waals surface area contributed by atoms with Crippen LogP contribution in [0, 0.1) is 13.8 Å². The van der Waals surface area contributed by atoms with Gasteiger partial charge in [0.15, 0.2) is 0 Å². The first-order chi connectivity index (χ1) is 9.36. The van der Waals surface area contributed by atoms with Crippen LogP contribution in [0.1, 0.15) is 21.1 Å². The molecule has 1 aromatic carbocycles. The van der Waals surface area contributed by atoms with E-state index < -0.39 is 10.0 Å². The van der Waals surface area contributed by atoms with Gasteiger partial charge in [0.1, 0.15) is 0 Å². The van der Waals surface area contributed by atoms with E-state index in [9.17, 15) is 8.42 Å². The molecule has 2 rings (SSSR count). The molecular formula is C13H17N3O2S2. The van der Waals surface area contributed by atoms with Crippen LogP contribution in [0.5, 0.6) is 0 Å². The van der Waals surface area contributed by atoms with Crippen LogP contribution in [0.4, 0.5) is 0 Å². The fourth-order valence-corrected chi connectivity index (χ4v) is 3.38. The molecule has 1 aromatic heterocycles. The lowest BCUT2D eigenvalue weighted by Crippen LogP contribution is -2.15. The Balaban J connectivity index is 2.00. The Hall–Kier alpha value is -1.28. The highest BCUT2D eigenvalue weighted by molar-refractivity contribution is 7.89. The van der Waals surface area contributed by atoms with Gasteiger partial charge in [0.25, 0.3) is 0 Å². The zero-order valence-electron chi connectivity index (χ0n) is 11.4. The van der Waals surface area contributed by atoms with Crippen molar-refractivity contribution in [2.75, 3.05) is 0 Å². The fourth-order valence-electron chi connectivity index (χ4n) is 1.89. The summed E-state index contributed by atoms with van der Waals surface area (Å²) in [6, 6.07) is 6.65. The van der Waals surface area contributed by atoms with E-state index >= 15 is 0 Å². The Morgan fingerprint density at radius 3 is 2.65 bits per heavy atom. The van der Waals surface area contributed by atoms with Crippen molar-refractivity contribution >= 4 is 21.4 Å². The number of primary sulfonamides is 1. The quantitative estimate of drug-likeness (QED) is 0.880. The minimum Gasteiger partial charge on any atom is -0.308 e. The first kappa shape index (κ1) is 15.1. The van der Waals surface area contributed by atoms with Gasteiger partial charge in [-0.3, -0.25) is 0 Å². The van der Waals surface area contributed by atoms with Crippen LogP contribution in [-0.4, -0.2) is 13.4 Å². The molecule has 7 heteroatoms. The maximum atomic E-state index is 11.3. The Morgan fingerprint density at radius 1 is 1.30 bits per heavy atom. The third-order valence-corrected chi connectivity index (χ3v) is 4.83. The van der Waals surface area contributed by atoms with Gasteiger partial charge in [-0.15, -0.1) is 11.3 Å². The molecule has 0 saturated carbocycles. The van der Waals surface area contributed by atoms with Gasteiger partial charge in [-0.25, -0.2) is 18.5 Å². The molecule has 0 amide bonds. The molecule has 0 spiro atoms. The normalized spacial score (nSPS) is 11.8. The Kier molecular flexibility index (Phi) is 4.54. The van der Waals surface area contributed by atoms with Crippen LogP contribution in [0.2, 0.25) is 0 Å². The van der Waals surface area contributed by atoms with Crippen LogP contribution >= 0.6 is 11.3 Å². The standard InChI is InChI=1S/C13H17N3O2S2/c1-9-13(19-10(2)16-9)8-15-7-11-4-3-5-12(6-11)20(14,17)18/h3-6,15H,7-8H2,1-2H3,(H2,14,17,18). The highest BCUT2D eigenvalue weighted by atomic mass is 32.2. The summed E-state index contributed by atoms with van der Waals surface area (Å²) in [6.07, 6.45) is 0. The average Bonchev–Trinajstić information content (AvgIpc) is 2.67. The lowest BCUT2D eigenvalue weighted by molar-refractivity contribution is 0.597. The maximum absolute atomic E-state index is 11.3. The van der Waals surface area contributed by atoms with Gasteiger partial charge in [-0.1, -0.05) is 12.1 Å². The predicted molar refractivity (Wildman–Crippen MR) is 79.9 cm³/mol. The van der Waals surface area contributed by atoms with E-state index in [0.29, 0.717) is 6.54 Å². The summed E-state index contributed by atoms with van der Waals surface area (Å²) in [5, 5.41) is 9.45. The van der Waals surface area contributed by atoms with Gasteiger partial charge in [0.2, 0.25) is 10.0 Å². The van der Waals surface area contributed by atoms with Gasteiger partial charge < -0.3 is 5.32 Å². The molecule has 108 valence electrons. The minimum atomic E-state index is -3.64. The van der Waals surface area contributed by atoms with Crippen LogP contribution in [-0.2, 0) is 23.1 Å². The van der Waals surface area contributed by atoms with Crippen molar-refractivity contribution in [2.24, 2.45) is 5.14 Å². The van der Waals surface area contributed by atoms with Crippen molar-refractivity contribution in [2.45, 2.75) is 31.8 Å². The largest absolute Gasteiger partial charge is 0.308 e. The van der Waals surface area contributed by atoms with Crippen LogP contribution < -0.4 is 10.5 Å². The number of hydrogen-bond acceptors (Lipinski definition) is 5. The highest BCUT2D eigenvalue weighted by Crippen LogP contribution is 2.17. The lowest BCUT2D eigenvalue weighted by atomic mass is 10.2. The number of rotatable bonds is 5. The third kappa shape index (κ3) is 3.86. The average molecular weight is 311 g/mol. The molecule has 0 unspecified atom stereocenters. The molecule has 0 saturated heterocycles. The van der Waals surface area contributed by atoms with Crippen LogP contribution in [0.3, 0.4) is 0 Å². The van der Waals surface area contributed by atoms with Gasteiger partial charge in [-0.05, 0) is 31.5 Å². The number of nitrogens with one attached hydrogen (secondary N) is 1. The summed E-state index contributed by atoms with van der Waals surface area (Å²) in [5.74, 6) is 0. The summed E-state index contributed by atoms with van der Waals surface area (Å²) in [7, 11) is -3.64. The van der Waals surface area contributed by atoms with Crippen molar-refractivity contribution in [1.82, 2.24) is 10.3 Å². The fraction of sp³-hybridized carbons (Fsp3) is 0.308. The first-order valence-corrected chi connectivity index (χ1v) is 8.48. The van der Waals surface area contributed by atoms with E-state index in [-0.39, 0.29) is 4.90 Å². The minimum absolute atomic E-state index is 0.140. The molecular weight excluding hydrogens is 294 g/mol. The van der Waals surface area contributed by atoms with Crippen molar-refractivity contribution in [1.29, 1.82) is 0 Å². The molecule has 5 nitrogen and oxygen atoms in total. The molecule has 0 aliphatic carbocycles. The lowest BCUT2D eigenvalue weighted by Gasteiger charge is -2.05. The number of aromatic nitrogens is 1. The second-order valence-corrected chi connectivity index (χ2v) is 7.39. The van der Waals surface area contributed by atoms with E-state index in [1.165, 1.54) is 10.9 Å². The first-order valence-electron chi connectivity index (χ1n) is 6.11. The number of nitrogens with two attached hydrogens (primary N) is 1. The molecule has 0 fully saturated rings. The van der Waals surface area contributed by atoms with E-state index in [1.807, 2.05) is 19.9 Å². The number of benzene rings is 1. The Labute approximate surface area is 122 Å². The monoisotopic (exact) mass is 311 g/mol. The predicted octanol–water partition coefficient (Wildman–Crippen LogP) is 1.70. The number of thiazole rings is 1. The maximum Gasteiger partial charge on any atom is 0.238 e. The summed E-state index contributed by atoms with van der Waals surface area (Å²) < 4.78 is 22.6. The summed E-state index contributed by atoms with van der Waals surface area (Å²) in [5.41, 5.74) is 1.92. The van der Waals surface area contributed by atoms with E-state index in [2.05, 4.69) is 10.3 Å². The van der Waals surface area contributed by atoms with Gasteiger partial charge in [0, 0.05) is 18.0 Å². The van der Waals surface area contributed by atoms with Crippen molar-refractivity contribution < 1.29 is 8.42 Å². The SMILES string of the molecule is Cc1nc(C)c(CNCc2cccc(S(N)(=O)=O)c2)s1. The molecule has 1 heterocycles. The second-order valence-electron chi connectivity index (χ2n) is 4.54. The molecule has 0 aliphatic heterocycles. The summed E-state index contributed by atoms with van der Waals surface area (Å²) >= 11 is 1.67. The topological polar surface area (TPSA) is 85.1 Å². The van der Waals surface area contributed by atoms with Gasteiger partial charge in [-0.2, -0.15) is 0 Å². The molecule has 3 N–H and O–H groups in total. The van der Waals surface area contributed by atoms with Gasteiger partial charge in [0.05, 0.1) is 15.6 Å². The van der Waals surface area contributed by atoms with Gasteiger partial charge >= 0.3 is 0 Å². The number of aryl methyl sites for hydroxylation is 2. The smallest absolute Gasteiger partial charge is 0.238 e. The molecule has 0 aliphatic rings. The van der Waals surface area contributed by atoms with E-state index in [0.717, 1.165) is 22.8 Å². The van der Waals surface area contributed by atoms with Crippen LogP contribution in [0.25, 0.3) is 0 Å². The Morgan fingerprint density at radius 2 is 2.05 bits per heavy atom.